The van der Waals surface area contributed by atoms with E-state index in [-0.39, 0.29) is 0 Å². The smallest absolute Gasteiger partial charge is 0.0993 e. The fourth-order valence-electron chi connectivity index (χ4n) is 9.81. The predicted octanol–water partition coefficient (Wildman–Crippen LogP) is 15.2. The molecular weight excluding hydrogens is 829 g/mol. The summed E-state index contributed by atoms with van der Waals surface area (Å²) in [6.45, 7) is 0. The van der Waals surface area contributed by atoms with Gasteiger partial charge in [0, 0.05) is 38.2 Å². The molecule has 0 aliphatic rings. The highest BCUT2D eigenvalue weighted by Gasteiger charge is 2.25. The summed E-state index contributed by atoms with van der Waals surface area (Å²) in [6.07, 6.45) is 0. The van der Waals surface area contributed by atoms with E-state index in [4.69, 9.17) is 4.98 Å². The van der Waals surface area contributed by atoms with Crippen LogP contribution in [-0.4, -0.2) is 14.1 Å². The third-order valence-electron chi connectivity index (χ3n) is 13.0. The molecule has 0 radical (unpaired) electrons. The minimum absolute atomic E-state index is 0.503. The highest BCUT2D eigenvalue weighted by molar-refractivity contribution is 6.13. The molecule has 0 atom stereocenters. The SMILES string of the molecule is N#Cc1ccc(-c2ccc3c4ccccc4n(-c4cc(C#N)cc(-n5c6ccccc6c6ccc(-c7ccc(C#N)cc7)cc65)c4-c4cc(-c5ccccc5)nc(-c5ccccc5)c4)c3c2)cc1. The lowest BCUT2D eigenvalue weighted by atomic mass is 9.95. The zero-order valence-electron chi connectivity index (χ0n) is 36.5. The van der Waals surface area contributed by atoms with Gasteiger partial charge in [0.05, 0.1) is 79.7 Å². The number of benzene rings is 9. The molecule has 6 nitrogen and oxygen atoms in total. The summed E-state index contributed by atoms with van der Waals surface area (Å²) in [5.74, 6) is 0. The number of fused-ring (bicyclic) bond motifs is 6. The summed E-state index contributed by atoms with van der Waals surface area (Å²) < 4.78 is 4.64. The van der Waals surface area contributed by atoms with Crippen molar-refractivity contribution in [3.05, 3.63) is 235 Å². The van der Waals surface area contributed by atoms with Crippen LogP contribution in [-0.2, 0) is 0 Å². The Labute approximate surface area is 392 Å². The molecule has 12 rings (SSSR count). The van der Waals surface area contributed by atoms with Gasteiger partial charge in [0.2, 0.25) is 0 Å². The normalized spacial score (nSPS) is 11.2. The maximum absolute atomic E-state index is 11.1. The maximum Gasteiger partial charge on any atom is 0.0993 e. The number of nitrogens with zero attached hydrogens (tertiary/aromatic N) is 6. The zero-order valence-corrected chi connectivity index (χ0v) is 36.5. The number of para-hydroxylation sites is 2. The van der Waals surface area contributed by atoms with Crippen LogP contribution < -0.4 is 0 Å². The van der Waals surface area contributed by atoms with Crippen molar-refractivity contribution in [1.29, 1.82) is 15.8 Å². The van der Waals surface area contributed by atoms with Gasteiger partial charge in [-0.05, 0) is 101 Å². The molecule has 0 bridgehead atoms. The summed E-state index contributed by atoms with van der Waals surface area (Å²) in [5, 5.41) is 34.7. The van der Waals surface area contributed by atoms with Crippen molar-refractivity contribution in [1.82, 2.24) is 14.1 Å². The Morgan fingerprint density at radius 2 is 0.676 bits per heavy atom. The number of nitriles is 3. The first-order valence-electron chi connectivity index (χ1n) is 22.4. The van der Waals surface area contributed by atoms with E-state index in [1.807, 2.05) is 97.1 Å². The van der Waals surface area contributed by atoms with Crippen molar-refractivity contribution in [3.63, 3.8) is 0 Å². The molecule has 6 heteroatoms. The first-order valence-corrected chi connectivity index (χ1v) is 22.4. The van der Waals surface area contributed by atoms with Crippen LogP contribution >= 0.6 is 0 Å². The van der Waals surface area contributed by atoms with Crippen LogP contribution in [0.4, 0.5) is 0 Å². The van der Waals surface area contributed by atoms with Gasteiger partial charge < -0.3 is 9.13 Å². The van der Waals surface area contributed by atoms with Gasteiger partial charge in [0.25, 0.3) is 0 Å². The Bertz CT molecular complexity index is 3830. The molecule has 9 aromatic carbocycles. The maximum atomic E-state index is 11.1. The van der Waals surface area contributed by atoms with Crippen LogP contribution in [0.15, 0.2) is 218 Å². The third-order valence-corrected chi connectivity index (χ3v) is 13.0. The van der Waals surface area contributed by atoms with Crippen LogP contribution in [0, 0.1) is 34.0 Å². The van der Waals surface area contributed by atoms with Crippen LogP contribution in [0.1, 0.15) is 16.7 Å². The van der Waals surface area contributed by atoms with Crippen molar-refractivity contribution in [2.75, 3.05) is 0 Å². The summed E-state index contributed by atoms with van der Waals surface area (Å²) in [5.41, 5.74) is 16.7. The molecule has 12 aromatic rings. The van der Waals surface area contributed by atoms with Gasteiger partial charge in [0.15, 0.2) is 0 Å². The van der Waals surface area contributed by atoms with E-state index >= 15 is 0 Å². The van der Waals surface area contributed by atoms with E-state index in [0.717, 1.165) is 111 Å². The second-order valence-electron chi connectivity index (χ2n) is 16.9. The van der Waals surface area contributed by atoms with E-state index in [9.17, 15) is 15.8 Å². The molecule has 0 saturated carbocycles. The molecule has 0 aliphatic carbocycles. The summed E-state index contributed by atoms with van der Waals surface area (Å²) in [4.78, 5) is 5.33. The molecule has 3 aromatic heterocycles. The Balaban J connectivity index is 1.24. The second kappa shape index (κ2) is 16.3. The van der Waals surface area contributed by atoms with E-state index in [1.165, 1.54) is 0 Å². The van der Waals surface area contributed by atoms with Crippen molar-refractivity contribution in [3.8, 4) is 85.5 Å². The average molecular weight is 865 g/mol. The molecule has 68 heavy (non-hydrogen) atoms. The second-order valence-corrected chi connectivity index (χ2v) is 16.9. The third kappa shape index (κ3) is 6.67. The Kier molecular flexibility index (Phi) is 9.55. The highest BCUT2D eigenvalue weighted by atomic mass is 15.0. The van der Waals surface area contributed by atoms with Gasteiger partial charge in [-0.25, -0.2) is 4.98 Å². The fourth-order valence-corrected chi connectivity index (χ4v) is 9.81. The standard InChI is InChI=1S/C62H36N6/c63-37-40-19-23-43(24-20-40)47-27-29-52-50-15-7-9-17-56(50)67(58(52)35-47)60-31-42(39-65)32-61(62(60)49-33-54(45-11-3-1-4-12-45)66-55(34-49)46-13-5-2-6-14-46)68-57-18-10-8-16-51(57)53-30-28-48(36-59(53)68)44-25-21-41(38-64)22-26-44/h1-36H. The largest absolute Gasteiger partial charge is 0.308 e. The fraction of sp³-hybridized carbons (Fsp3) is 0. The van der Waals surface area contributed by atoms with Crippen LogP contribution in [0.3, 0.4) is 0 Å². The summed E-state index contributed by atoms with van der Waals surface area (Å²) in [6, 6.07) is 81.5. The summed E-state index contributed by atoms with van der Waals surface area (Å²) >= 11 is 0. The van der Waals surface area contributed by atoms with Crippen molar-refractivity contribution in [2.24, 2.45) is 0 Å². The van der Waals surface area contributed by atoms with E-state index in [1.54, 1.807) is 0 Å². The van der Waals surface area contributed by atoms with Crippen LogP contribution in [0.25, 0.3) is 111 Å². The summed E-state index contributed by atoms with van der Waals surface area (Å²) in [7, 11) is 0. The predicted molar refractivity (Wildman–Crippen MR) is 274 cm³/mol. The van der Waals surface area contributed by atoms with Crippen molar-refractivity contribution >= 4 is 43.6 Å². The van der Waals surface area contributed by atoms with Gasteiger partial charge in [-0.1, -0.05) is 146 Å². The average Bonchev–Trinajstić information content (AvgIpc) is 3.93. The lowest BCUT2D eigenvalue weighted by Gasteiger charge is -2.22. The molecule has 0 amide bonds. The van der Waals surface area contributed by atoms with E-state index in [0.29, 0.717) is 16.7 Å². The van der Waals surface area contributed by atoms with E-state index in [2.05, 4.69) is 149 Å². The molecule has 3 heterocycles. The molecule has 0 aliphatic heterocycles. The Morgan fingerprint density at radius 3 is 1.10 bits per heavy atom. The van der Waals surface area contributed by atoms with Gasteiger partial charge in [-0.2, -0.15) is 15.8 Å². The van der Waals surface area contributed by atoms with Crippen molar-refractivity contribution < 1.29 is 0 Å². The van der Waals surface area contributed by atoms with Gasteiger partial charge in [-0.3, -0.25) is 0 Å². The Morgan fingerprint density at radius 1 is 0.294 bits per heavy atom. The Hall–Kier alpha value is -9.80. The number of pyridine rings is 1. The lowest BCUT2D eigenvalue weighted by Crippen LogP contribution is -2.06. The number of rotatable bonds is 7. The number of aromatic nitrogens is 3. The number of hydrogen-bond acceptors (Lipinski definition) is 4. The molecule has 0 spiro atoms. The monoisotopic (exact) mass is 864 g/mol. The molecule has 314 valence electrons. The quantitative estimate of drug-likeness (QED) is 0.159. The first-order chi connectivity index (χ1) is 33.6. The molecular formula is C62H36N6. The molecule has 0 N–H and O–H groups in total. The van der Waals surface area contributed by atoms with Crippen molar-refractivity contribution in [2.45, 2.75) is 0 Å². The highest BCUT2D eigenvalue weighted by Crippen LogP contribution is 2.45. The lowest BCUT2D eigenvalue weighted by molar-refractivity contribution is 1.13. The molecule has 0 unspecified atom stereocenters. The zero-order chi connectivity index (χ0) is 45.7. The van der Waals surface area contributed by atoms with Crippen LogP contribution in [0.5, 0.6) is 0 Å². The minimum Gasteiger partial charge on any atom is -0.308 e. The topological polar surface area (TPSA) is 94.1 Å². The van der Waals surface area contributed by atoms with Gasteiger partial charge in [0.1, 0.15) is 0 Å². The molecule has 0 fully saturated rings. The minimum atomic E-state index is 0.503. The van der Waals surface area contributed by atoms with Crippen LogP contribution in [0.2, 0.25) is 0 Å². The number of hydrogen-bond donors (Lipinski definition) is 0. The van der Waals surface area contributed by atoms with Gasteiger partial charge >= 0.3 is 0 Å². The first kappa shape index (κ1) is 39.8. The van der Waals surface area contributed by atoms with E-state index < -0.39 is 0 Å². The van der Waals surface area contributed by atoms with Gasteiger partial charge in [-0.15, -0.1) is 0 Å². The molecule has 0 saturated heterocycles.